The van der Waals surface area contributed by atoms with Crippen molar-refractivity contribution in [3.05, 3.63) is 53.7 Å². The zero-order valence-corrected chi connectivity index (χ0v) is 15.4. The maximum absolute atomic E-state index is 12.8. The third-order valence-corrected chi connectivity index (χ3v) is 6.71. The zero-order valence-electron chi connectivity index (χ0n) is 14.6. The van der Waals surface area contributed by atoms with Crippen LogP contribution in [0.4, 0.5) is 5.82 Å². The average Bonchev–Trinajstić information content (AvgIpc) is 3.34. The minimum atomic E-state index is -3.59. The van der Waals surface area contributed by atoms with Gasteiger partial charge in [-0.3, -0.25) is 0 Å². The SMILES string of the molecule is CC(C)NS(=O)(=O)c1cccnc1N1Cc2ccccc2C2(CC2)C1. The largest absolute Gasteiger partial charge is 0.350 e. The number of anilines is 1. The molecule has 4 rings (SSSR count). The van der Waals surface area contributed by atoms with Crippen LogP contribution in [0.1, 0.15) is 37.8 Å². The molecule has 0 bridgehead atoms. The van der Waals surface area contributed by atoms with Crippen molar-refractivity contribution >= 4 is 15.8 Å². The predicted molar refractivity (Wildman–Crippen MR) is 98.1 cm³/mol. The number of nitrogens with zero attached hydrogens (tertiary/aromatic N) is 2. The average molecular weight is 357 g/mol. The lowest BCUT2D eigenvalue weighted by Gasteiger charge is -2.36. The molecule has 1 aliphatic carbocycles. The molecule has 132 valence electrons. The van der Waals surface area contributed by atoms with E-state index in [1.165, 1.54) is 11.1 Å². The number of hydrogen-bond donors (Lipinski definition) is 1. The van der Waals surface area contributed by atoms with Gasteiger partial charge >= 0.3 is 0 Å². The summed E-state index contributed by atoms with van der Waals surface area (Å²) in [5.74, 6) is 0.552. The molecule has 0 radical (unpaired) electrons. The van der Waals surface area contributed by atoms with Crippen molar-refractivity contribution in [2.75, 3.05) is 11.4 Å². The van der Waals surface area contributed by atoms with Crippen LogP contribution in [0, 0.1) is 0 Å². The third kappa shape index (κ3) is 2.93. The number of hydrogen-bond acceptors (Lipinski definition) is 4. The monoisotopic (exact) mass is 357 g/mol. The summed E-state index contributed by atoms with van der Waals surface area (Å²) >= 11 is 0. The zero-order chi connectivity index (χ0) is 17.7. The predicted octanol–water partition coefficient (Wildman–Crippen LogP) is 2.82. The second-order valence-corrected chi connectivity index (χ2v) is 9.08. The van der Waals surface area contributed by atoms with E-state index in [9.17, 15) is 8.42 Å². The molecule has 2 aliphatic rings. The molecule has 1 aliphatic heterocycles. The number of nitrogens with one attached hydrogen (secondary N) is 1. The smallest absolute Gasteiger partial charge is 0.244 e. The lowest BCUT2D eigenvalue weighted by molar-refractivity contribution is 0.562. The minimum absolute atomic E-state index is 0.157. The summed E-state index contributed by atoms with van der Waals surface area (Å²) in [6.45, 7) is 5.16. The van der Waals surface area contributed by atoms with E-state index >= 15 is 0 Å². The maximum Gasteiger partial charge on any atom is 0.244 e. The first-order valence-corrected chi connectivity index (χ1v) is 10.2. The molecule has 1 aromatic carbocycles. The molecule has 5 nitrogen and oxygen atoms in total. The first-order chi connectivity index (χ1) is 11.9. The van der Waals surface area contributed by atoms with Gasteiger partial charge in [0.25, 0.3) is 0 Å². The van der Waals surface area contributed by atoms with E-state index in [0.29, 0.717) is 12.4 Å². The highest BCUT2D eigenvalue weighted by molar-refractivity contribution is 7.89. The molecule has 1 N–H and O–H groups in total. The fraction of sp³-hybridized carbons (Fsp3) is 0.421. The maximum atomic E-state index is 12.8. The van der Waals surface area contributed by atoms with E-state index in [1.807, 2.05) is 13.8 Å². The van der Waals surface area contributed by atoms with Crippen LogP contribution in [0.2, 0.25) is 0 Å². The van der Waals surface area contributed by atoms with Gasteiger partial charge in [-0.2, -0.15) is 0 Å². The summed E-state index contributed by atoms with van der Waals surface area (Å²) in [7, 11) is -3.59. The summed E-state index contributed by atoms with van der Waals surface area (Å²) in [6, 6.07) is 11.7. The second-order valence-electron chi connectivity index (χ2n) is 7.39. The van der Waals surface area contributed by atoms with E-state index < -0.39 is 10.0 Å². The summed E-state index contributed by atoms with van der Waals surface area (Å²) < 4.78 is 28.2. The third-order valence-electron chi connectivity index (χ3n) is 5.03. The minimum Gasteiger partial charge on any atom is -0.350 e. The number of sulfonamides is 1. The summed E-state index contributed by atoms with van der Waals surface area (Å²) in [4.78, 5) is 6.84. The number of rotatable bonds is 4. The number of fused-ring (bicyclic) bond motifs is 2. The van der Waals surface area contributed by atoms with Gasteiger partial charge in [-0.1, -0.05) is 24.3 Å². The number of pyridine rings is 1. The van der Waals surface area contributed by atoms with Crippen molar-refractivity contribution < 1.29 is 8.42 Å². The Balaban J connectivity index is 1.75. The summed E-state index contributed by atoms with van der Waals surface area (Å²) in [5, 5.41) is 0. The molecular formula is C19H23N3O2S. The van der Waals surface area contributed by atoms with Crippen LogP contribution >= 0.6 is 0 Å². The standard InChI is InChI=1S/C19H23N3O2S/c1-14(2)21-25(23,24)17-8-5-11-20-18(17)22-12-15-6-3-4-7-16(15)19(13-22)9-10-19/h3-8,11,14,21H,9-10,12-13H2,1-2H3. The van der Waals surface area contributed by atoms with Crippen LogP contribution in [-0.2, 0) is 22.0 Å². The molecule has 2 heterocycles. The molecule has 0 unspecified atom stereocenters. The van der Waals surface area contributed by atoms with Gasteiger partial charge in [0.05, 0.1) is 0 Å². The highest BCUT2D eigenvalue weighted by Gasteiger charge is 2.49. The van der Waals surface area contributed by atoms with Crippen molar-refractivity contribution in [1.29, 1.82) is 0 Å². The van der Waals surface area contributed by atoms with Crippen molar-refractivity contribution in [3.8, 4) is 0 Å². The Kier molecular flexibility index (Phi) is 3.85. The van der Waals surface area contributed by atoms with E-state index in [2.05, 4.69) is 38.9 Å². The van der Waals surface area contributed by atoms with Gasteiger partial charge in [0.1, 0.15) is 10.7 Å². The first kappa shape index (κ1) is 16.5. The molecule has 1 saturated carbocycles. The van der Waals surface area contributed by atoms with Crippen LogP contribution in [0.5, 0.6) is 0 Å². The number of benzene rings is 1. The van der Waals surface area contributed by atoms with Gasteiger partial charge in [-0.05, 0) is 49.9 Å². The van der Waals surface area contributed by atoms with Gasteiger partial charge < -0.3 is 4.90 Å². The van der Waals surface area contributed by atoms with Crippen molar-refractivity contribution in [2.24, 2.45) is 0 Å². The topological polar surface area (TPSA) is 62.3 Å². The van der Waals surface area contributed by atoms with Gasteiger partial charge in [-0.25, -0.2) is 18.1 Å². The Morgan fingerprint density at radius 3 is 2.64 bits per heavy atom. The Bertz CT molecular complexity index is 904. The van der Waals surface area contributed by atoms with Crippen LogP contribution in [-0.4, -0.2) is 26.0 Å². The Morgan fingerprint density at radius 2 is 1.92 bits per heavy atom. The Morgan fingerprint density at radius 1 is 1.16 bits per heavy atom. The van der Waals surface area contributed by atoms with E-state index in [4.69, 9.17) is 0 Å². The van der Waals surface area contributed by atoms with Crippen molar-refractivity contribution in [1.82, 2.24) is 9.71 Å². The Labute approximate surface area is 149 Å². The molecular weight excluding hydrogens is 334 g/mol. The van der Waals surface area contributed by atoms with Gasteiger partial charge in [-0.15, -0.1) is 0 Å². The molecule has 1 fully saturated rings. The molecule has 6 heteroatoms. The van der Waals surface area contributed by atoms with Gasteiger partial charge in [0.2, 0.25) is 10.0 Å². The lowest BCUT2D eigenvalue weighted by atomic mass is 9.87. The molecule has 0 saturated heterocycles. The van der Waals surface area contributed by atoms with E-state index in [0.717, 1.165) is 19.4 Å². The highest BCUT2D eigenvalue weighted by Crippen LogP contribution is 2.53. The normalized spacial score (nSPS) is 18.4. The summed E-state index contributed by atoms with van der Waals surface area (Å²) in [5.41, 5.74) is 2.86. The lowest BCUT2D eigenvalue weighted by Crippen LogP contribution is -2.40. The highest BCUT2D eigenvalue weighted by atomic mass is 32.2. The Hall–Kier alpha value is -1.92. The van der Waals surface area contributed by atoms with Crippen molar-refractivity contribution in [3.63, 3.8) is 0 Å². The molecule has 0 amide bonds. The van der Waals surface area contributed by atoms with E-state index in [-0.39, 0.29) is 16.4 Å². The van der Waals surface area contributed by atoms with Crippen molar-refractivity contribution in [2.45, 2.75) is 49.6 Å². The van der Waals surface area contributed by atoms with E-state index in [1.54, 1.807) is 18.3 Å². The van der Waals surface area contributed by atoms with Gasteiger partial charge in [0, 0.05) is 30.7 Å². The second kappa shape index (κ2) is 5.81. The molecule has 25 heavy (non-hydrogen) atoms. The molecule has 1 aromatic heterocycles. The number of aromatic nitrogens is 1. The first-order valence-electron chi connectivity index (χ1n) is 8.72. The summed E-state index contributed by atoms with van der Waals surface area (Å²) in [6.07, 6.45) is 3.98. The fourth-order valence-electron chi connectivity index (χ4n) is 3.82. The van der Waals surface area contributed by atoms with Crippen LogP contribution < -0.4 is 9.62 Å². The fourth-order valence-corrected chi connectivity index (χ4v) is 5.25. The van der Waals surface area contributed by atoms with Gasteiger partial charge in [0.15, 0.2) is 0 Å². The van der Waals surface area contributed by atoms with Crippen LogP contribution in [0.15, 0.2) is 47.5 Å². The van der Waals surface area contributed by atoms with Crippen LogP contribution in [0.25, 0.3) is 0 Å². The molecule has 2 aromatic rings. The molecule has 0 atom stereocenters. The quantitative estimate of drug-likeness (QED) is 0.914. The van der Waals surface area contributed by atoms with Crippen LogP contribution in [0.3, 0.4) is 0 Å². The molecule has 1 spiro atoms.